The highest BCUT2D eigenvalue weighted by molar-refractivity contribution is 6.04. The van der Waals surface area contributed by atoms with Crippen LogP contribution in [0.25, 0.3) is 0 Å². The molecule has 0 aliphatic rings. The van der Waals surface area contributed by atoms with Gasteiger partial charge >= 0.3 is 0 Å². The standard InChI is InChI=1S/C22H20FN3O2/c1-15(27)17-6-4-7-19(13-17)26-22(28)21-14-18(10-12-25-21)24-11-9-16-5-2-3-8-20(16)23/h2-8,10,12-14H,9,11H2,1H3,(H,24,25)(H,26,28). The summed E-state index contributed by atoms with van der Waals surface area (Å²) in [6.45, 7) is 1.99. The number of halogens is 1. The quantitative estimate of drug-likeness (QED) is 0.601. The van der Waals surface area contributed by atoms with Crippen molar-refractivity contribution in [3.63, 3.8) is 0 Å². The first-order valence-electron chi connectivity index (χ1n) is 8.88. The fraction of sp³-hybridized carbons (Fsp3) is 0.136. The fourth-order valence-corrected chi connectivity index (χ4v) is 2.72. The van der Waals surface area contributed by atoms with E-state index in [1.807, 2.05) is 0 Å². The van der Waals surface area contributed by atoms with E-state index in [9.17, 15) is 14.0 Å². The van der Waals surface area contributed by atoms with E-state index in [0.29, 0.717) is 35.5 Å². The first kappa shape index (κ1) is 19.2. The predicted molar refractivity (Wildman–Crippen MR) is 107 cm³/mol. The molecule has 0 spiro atoms. The second-order valence-corrected chi connectivity index (χ2v) is 6.29. The third-order valence-electron chi connectivity index (χ3n) is 4.20. The molecule has 0 aliphatic carbocycles. The minimum absolute atomic E-state index is 0.0738. The molecule has 3 rings (SSSR count). The van der Waals surface area contributed by atoms with Crippen LogP contribution in [0.5, 0.6) is 0 Å². The fourth-order valence-electron chi connectivity index (χ4n) is 2.72. The minimum Gasteiger partial charge on any atom is -0.385 e. The summed E-state index contributed by atoms with van der Waals surface area (Å²) in [6.07, 6.45) is 2.06. The Kier molecular flexibility index (Phi) is 6.11. The lowest BCUT2D eigenvalue weighted by atomic mass is 10.1. The van der Waals surface area contributed by atoms with Crippen molar-refractivity contribution < 1.29 is 14.0 Å². The Morgan fingerprint density at radius 1 is 1.00 bits per heavy atom. The summed E-state index contributed by atoms with van der Waals surface area (Å²) in [4.78, 5) is 28.0. The summed E-state index contributed by atoms with van der Waals surface area (Å²) in [5.74, 6) is -0.680. The number of nitrogens with one attached hydrogen (secondary N) is 2. The van der Waals surface area contributed by atoms with Crippen LogP contribution >= 0.6 is 0 Å². The molecule has 5 nitrogen and oxygen atoms in total. The Morgan fingerprint density at radius 2 is 1.82 bits per heavy atom. The van der Waals surface area contributed by atoms with Gasteiger partial charge in [-0.25, -0.2) is 4.39 Å². The predicted octanol–water partition coefficient (Wildman–Crippen LogP) is 4.33. The van der Waals surface area contributed by atoms with Crippen molar-refractivity contribution in [2.24, 2.45) is 0 Å². The molecule has 1 heterocycles. The zero-order valence-corrected chi connectivity index (χ0v) is 15.4. The van der Waals surface area contributed by atoms with Gasteiger partial charge in [-0.15, -0.1) is 0 Å². The van der Waals surface area contributed by atoms with Crippen molar-refractivity contribution in [3.05, 3.63) is 89.5 Å². The molecule has 0 unspecified atom stereocenters. The first-order chi connectivity index (χ1) is 13.5. The van der Waals surface area contributed by atoms with E-state index < -0.39 is 0 Å². The van der Waals surface area contributed by atoms with Gasteiger partial charge in [0.2, 0.25) is 0 Å². The number of Topliss-reactive ketones (excluding diaryl/α,β-unsaturated/α-hetero) is 1. The molecule has 28 heavy (non-hydrogen) atoms. The Labute approximate surface area is 162 Å². The van der Waals surface area contributed by atoms with Gasteiger partial charge in [0.1, 0.15) is 11.5 Å². The van der Waals surface area contributed by atoms with Gasteiger partial charge in [-0.2, -0.15) is 0 Å². The number of nitrogens with zero attached hydrogens (tertiary/aromatic N) is 1. The Hall–Kier alpha value is -3.54. The highest BCUT2D eigenvalue weighted by Gasteiger charge is 2.10. The molecule has 0 atom stereocenters. The van der Waals surface area contributed by atoms with Crippen LogP contribution in [-0.4, -0.2) is 23.2 Å². The van der Waals surface area contributed by atoms with Gasteiger partial charge in [-0.3, -0.25) is 14.6 Å². The van der Waals surface area contributed by atoms with Crippen molar-refractivity contribution >= 4 is 23.1 Å². The Morgan fingerprint density at radius 3 is 2.61 bits per heavy atom. The summed E-state index contributed by atoms with van der Waals surface area (Å²) in [7, 11) is 0. The molecular weight excluding hydrogens is 357 g/mol. The third-order valence-corrected chi connectivity index (χ3v) is 4.20. The maximum Gasteiger partial charge on any atom is 0.274 e. The van der Waals surface area contributed by atoms with E-state index >= 15 is 0 Å². The number of ketones is 1. The van der Waals surface area contributed by atoms with Crippen molar-refractivity contribution in [1.29, 1.82) is 0 Å². The summed E-state index contributed by atoms with van der Waals surface area (Å²) in [5, 5.41) is 5.91. The Bertz CT molecular complexity index is 1000. The van der Waals surface area contributed by atoms with Crippen LogP contribution in [0.1, 0.15) is 33.3 Å². The number of hydrogen-bond acceptors (Lipinski definition) is 4. The molecule has 1 amide bonds. The van der Waals surface area contributed by atoms with Crippen LogP contribution in [0.3, 0.4) is 0 Å². The molecule has 1 aromatic heterocycles. The third kappa shape index (κ3) is 5.01. The maximum absolute atomic E-state index is 13.7. The maximum atomic E-state index is 13.7. The van der Waals surface area contributed by atoms with E-state index in [1.165, 1.54) is 19.2 Å². The summed E-state index contributed by atoms with van der Waals surface area (Å²) in [5.41, 5.74) is 2.64. The smallest absolute Gasteiger partial charge is 0.274 e. The topological polar surface area (TPSA) is 71.1 Å². The average molecular weight is 377 g/mol. The van der Waals surface area contributed by atoms with Crippen molar-refractivity contribution in [2.75, 3.05) is 17.2 Å². The largest absolute Gasteiger partial charge is 0.385 e. The number of pyridine rings is 1. The van der Waals surface area contributed by atoms with E-state index in [4.69, 9.17) is 0 Å². The number of carbonyl (C=O) groups excluding carboxylic acids is 2. The number of anilines is 2. The summed E-state index contributed by atoms with van der Waals surface area (Å²) >= 11 is 0. The number of benzene rings is 2. The van der Waals surface area contributed by atoms with E-state index in [1.54, 1.807) is 54.6 Å². The number of amides is 1. The molecule has 3 aromatic rings. The molecule has 0 saturated carbocycles. The molecular formula is C22H20FN3O2. The molecule has 0 fully saturated rings. The molecule has 0 radical (unpaired) electrons. The van der Waals surface area contributed by atoms with Crippen LogP contribution in [0.4, 0.5) is 15.8 Å². The SMILES string of the molecule is CC(=O)c1cccc(NC(=O)c2cc(NCCc3ccccc3F)ccn2)c1. The minimum atomic E-state index is -0.376. The molecule has 0 aliphatic heterocycles. The van der Waals surface area contributed by atoms with Crippen molar-refractivity contribution in [2.45, 2.75) is 13.3 Å². The van der Waals surface area contributed by atoms with Crippen LogP contribution < -0.4 is 10.6 Å². The summed E-state index contributed by atoms with van der Waals surface area (Å²) in [6, 6.07) is 16.7. The molecule has 6 heteroatoms. The van der Waals surface area contributed by atoms with Gasteiger partial charge in [0.25, 0.3) is 5.91 Å². The zero-order chi connectivity index (χ0) is 19.9. The van der Waals surface area contributed by atoms with Gasteiger partial charge in [-0.05, 0) is 49.2 Å². The second-order valence-electron chi connectivity index (χ2n) is 6.29. The average Bonchev–Trinajstić information content (AvgIpc) is 2.70. The second kappa shape index (κ2) is 8.90. The monoisotopic (exact) mass is 377 g/mol. The normalized spacial score (nSPS) is 10.4. The van der Waals surface area contributed by atoms with Gasteiger partial charge in [0.05, 0.1) is 0 Å². The molecule has 0 saturated heterocycles. The van der Waals surface area contributed by atoms with Gasteiger partial charge in [0.15, 0.2) is 5.78 Å². The van der Waals surface area contributed by atoms with Crippen LogP contribution in [-0.2, 0) is 6.42 Å². The summed E-state index contributed by atoms with van der Waals surface area (Å²) < 4.78 is 13.7. The highest BCUT2D eigenvalue weighted by atomic mass is 19.1. The number of rotatable bonds is 7. The highest BCUT2D eigenvalue weighted by Crippen LogP contribution is 2.14. The van der Waals surface area contributed by atoms with Gasteiger partial charge < -0.3 is 10.6 Å². The van der Waals surface area contributed by atoms with E-state index in [0.717, 1.165) is 0 Å². The van der Waals surface area contributed by atoms with E-state index in [2.05, 4.69) is 15.6 Å². The number of aromatic nitrogens is 1. The lowest BCUT2D eigenvalue weighted by Crippen LogP contribution is -2.15. The van der Waals surface area contributed by atoms with Crippen LogP contribution in [0, 0.1) is 5.82 Å². The van der Waals surface area contributed by atoms with Crippen LogP contribution in [0.2, 0.25) is 0 Å². The lowest BCUT2D eigenvalue weighted by molar-refractivity contribution is 0.100. The number of carbonyl (C=O) groups is 2. The van der Waals surface area contributed by atoms with Crippen molar-refractivity contribution in [3.8, 4) is 0 Å². The molecule has 2 aromatic carbocycles. The number of hydrogen-bond donors (Lipinski definition) is 2. The molecule has 142 valence electrons. The van der Waals surface area contributed by atoms with Gasteiger partial charge in [-0.1, -0.05) is 30.3 Å². The zero-order valence-electron chi connectivity index (χ0n) is 15.4. The van der Waals surface area contributed by atoms with Crippen molar-refractivity contribution in [1.82, 2.24) is 4.98 Å². The van der Waals surface area contributed by atoms with Gasteiger partial charge in [0, 0.05) is 29.7 Å². The lowest BCUT2D eigenvalue weighted by Gasteiger charge is -2.09. The van der Waals surface area contributed by atoms with E-state index in [-0.39, 0.29) is 23.2 Å². The van der Waals surface area contributed by atoms with Crippen LogP contribution in [0.15, 0.2) is 66.9 Å². The Balaban J connectivity index is 1.62. The first-order valence-corrected chi connectivity index (χ1v) is 8.88. The molecule has 2 N–H and O–H groups in total. The molecule has 0 bridgehead atoms.